The molecule has 6 nitrogen and oxygen atoms in total. The van der Waals surface area contributed by atoms with Crippen LogP contribution in [-0.2, 0) is 7.05 Å². The SMILES string of the molecule is Cn1nnc2cc(C(c3ccc(C=O)cc3)n3ccnc3)ccc21. The predicted octanol–water partition coefficient (Wildman–Crippen LogP) is 2.62. The maximum absolute atomic E-state index is 10.9. The van der Waals surface area contributed by atoms with E-state index < -0.39 is 0 Å². The van der Waals surface area contributed by atoms with Crippen LogP contribution in [0, 0.1) is 0 Å². The summed E-state index contributed by atoms with van der Waals surface area (Å²) in [4.78, 5) is 15.1. The maximum atomic E-state index is 10.9. The lowest BCUT2D eigenvalue weighted by atomic mass is 9.97. The van der Waals surface area contributed by atoms with Gasteiger partial charge in [-0.2, -0.15) is 0 Å². The van der Waals surface area contributed by atoms with Crippen molar-refractivity contribution in [2.24, 2.45) is 7.05 Å². The summed E-state index contributed by atoms with van der Waals surface area (Å²) >= 11 is 0. The van der Waals surface area contributed by atoms with Gasteiger partial charge in [0, 0.05) is 25.0 Å². The number of aromatic nitrogens is 5. The fraction of sp³-hybridized carbons (Fsp3) is 0.111. The standard InChI is InChI=1S/C18H15N5O/c1-22-17-7-6-15(10-16(17)20-21-22)18(23-9-8-19-12-23)14-4-2-13(11-24)3-5-14/h2-12,18H,1H3. The monoisotopic (exact) mass is 317 g/mol. The Balaban J connectivity index is 1.86. The number of aryl methyl sites for hydroxylation is 1. The Labute approximate surface area is 138 Å². The number of aldehydes is 1. The van der Waals surface area contributed by atoms with Crippen LogP contribution in [0.4, 0.5) is 0 Å². The van der Waals surface area contributed by atoms with Gasteiger partial charge < -0.3 is 4.57 Å². The summed E-state index contributed by atoms with van der Waals surface area (Å²) in [5.74, 6) is 0. The number of carbonyl (C=O) groups excluding carboxylic acids is 1. The van der Waals surface area contributed by atoms with Gasteiger partial charge in [-0.3, -0.25) is 4.79 Å². The first-order chi connectivity index (χ1) is 11.8. The average Bonchev–Trinajstić information content (AvgIpc) is 3.26. The molecule has 0 spiro atoms. The third kappa shape index (κ3) is 2.38. The Kier molecular flexibility index (Phi) is 3.42. The lowest BCUT2D eigenvalue weighted by Crippen LogP contribution is -2.10. The minimum absolute atomic E-state index is 0.0420. The van der Waals surface area contributed by atoms with Gasteiger partial charge in [0.25, 0.3) is 0 Å². The fourth-order valence-electron chi connectivity index (χ4n) is 2.94. The van der Waals surface area contributed by atoms with E-state index >= 15 is 0 Å². The molecule has 118 valence electrons. The first-order valence-corrected chi connectivity index (χ1v) is 7.58. The number of fused-ring (bicyclic) bond motifs is 1. The van der Waals surface area contributed by atoms with Crippen LogP contribution >= 0.6 is 0 Å². The highest BCUT2D eigenvalue weighted by Gasteiger charge is 2.17. The molecule has 4 aromatic rings. The van der Waals surface area contributed by atoms with Crippen molar-refractivity contribution in [1.82, 2.24) is 24.5 Å². The van der Waals surface area contributed by atoms with Crippen LogP contribution in [0.5, 0.6) is 0 Å². The first-order valence-electron chi connectivity index (χ1n) is 7.58. The Hall–Kier alpha value is -3.28. The van der Waals surface area contributed by atoms with Crippen molar-refractivity contribution in [2.75, 3.05) is 0 Å². The van der Waals surface area contributed by atoms with Crippen LogP contribution < -0.4 is 0 Å². The van der Waals surface area contributed by atoms with Gasteiger partial charge in [0.2, 0.25) is 0 Å². The molecule has 24 heavy (non-hydrogen) atoms. The van der Waals surface area contributed by atoms with Crippen molar-refractivity contribution >= 4 is 17.3 Å². The second-order valence-electron chi connectivity index (χ2n) is 5.66. The molecule has 1 atom stereocenters. The summed E-state index contributed by atoms with van der Waals surface area (Å²) < 4.78 is 3.79. The number of imidazole rings is 1. The second-order valence-corrected chi connectivity index (χ2v) is 5.66. The summed E-state index contributed by atoms with van der Waals surface area (Å²) in [7, 11) is 1.88. The van der Waals surface area contributed by atoms with Gasteiger partial charge in [-0.1, -0.05) is 35.5 Å². The minimum atomic E-state index is -0.0420. The lowest BCUT2D eigenvalue weighted by Gasteiger charge is -2.20. The van der Waals surface area contributed by atoms with Crippen LogP contribution in [0.15, 0.2) is 61.2 Å². The van der Waals surface area contributed by atoms with Gasteiger partial charge in [0.1, 0.15) is 11.8 Å². The highest BCUT2D eigenvalue weighted by atomic mass is 16.1. The number of nitrogens with zero attached hydrogens (tertiary/aromatic N) is 5. The molecular weight excluding hydrogens is 302 g/mol. The fourth-order valence-corrected chi connectivity index (χ4v) is 2.94. The summed E-state index contributed by atoms with van der Waals surface area (Å²) in [6.07, 6.45) is 6.33. The van der Waals surface area contributed by atoms with E-state index in [1.807, 2.05) is 54.2 Å². The molecule has 0 N–H and O–H groups in total. The number of hydrogen-bond acceptors (Lipinski definition) is 4. The van der Waals surface area contributed by atoms with Gasteiger partial charge >= 0.3 is 0 Å². The van der Waals surface area contributed by atoms with Crippen LogP contribution in [0.2, 0.25) is 0 Å². The van der Waals surface area contributed by atoms with E-state index in [1.54, 1.807) is 17.2 Å². The van der Waals surface area contributed by atoms with Gasteiger partial charge in [-0.15, -0.1) is 5.10 Å². The number of rotatable bonds is 4. The van der Waals surface area contributed by atoms with Crippen molar-refractivity contribution in [3.63, 3.8) is 0 Å². The molecule has 0 amide bonds. The molecule has 2 aromatic carbocycles. The van der Waals surface area contributed by atoms with Crippen LogP contribution in [0.25, 0.3) is 11.0 Å². The largest absolute Gasteiger partial charge is 0.326 e. The Morgan fingerprint density at radius 2 is 1.88 bits per heavy atom. The molecule has 2 heterocycles. The molecule has 0 bridgehead atoms. The Morgan fingerprint density at radius 3 is 2.58 bits per heavy atom. The average molecular weight is 317 g/mol. The zero-order valence-electron chi connectivity index (χ0n) is 13.1. The molecule has 0 saturated heterocycles. The van der Waals surface area contributed by atoms with Crippen LogP contribution in [0.1, 0.15) is 27.5 Å². The Morgan fingerprint density at radius 1 is 1.08 bits per heavy atom. The molecule has 4 rings (SSSR count). The molecule has 0 aliphatic rings. The molecular formula is C18H15N5O. The number of hydrogen-bond donors (Lipinski definition) is 0. The summed E-state index contributed by atoms with van der Waals surface area (Å²) in [6, 6.07) is 13.7. The Bertz CT molecular complexity index is 986. The van der Waals surface area contributed by atoms with Crippen molar-refractivity contribution in [1.29, 1.82) is 0 Å². The van der Waals surface area contributed by atoms with Crippen molar-refractivity contribution in [3.05, 3.63) is 77.9 Å². The highest BCUT2D eigenvalue weighted by Crippen LogP contribution is 2.28. The zero-order chi connectivity index (χ0) is 16.5. The number of carbonyl (C=O) groups is 1. The maximum Gasteiger partial charge on any atom is 0.150 e. The lowest BCUT2D eigenvalue weighted by molar-refractivity contribution is 0.112. The van der Waals surface area contributed by atoms with E-state index in [0.717, 1.165) is 28.4 Å². The first kappa shape index (κ1) is 14.3. The van der Waals surface area contributed by atoms with E-state index in [2.05, 4.69) is 21.4 Å². The molecule has 0 saturated carbocycles. The van der Waals surface area contributed by atoms with E-state index in [1.165, 1.54) is 0 Å². The minimum Gasteiger partial charge on any atom is -0.326 e. The van der Waals surface area contributed by atoms with E-state index in [9.17, 15) is 4.79 Å². The van der Waals surface area contributed by atoms with Crippen LogP contribution in [0.3, 0.4) is 0 Å². The summed E-state index contributed by atoms with van der Waals surface area (Å²) in [6.45, 7) is 0. The molecule has 0 fully saturated rings. The summed E-state index contributed by atoms with van der Waals surface area (Å²) in [5, 5.41) is 8.27. The van der Waals surface area contributed by atoms with Crippen molar-refractivity contribution in [3.8, 4) is 0 Å². The zero-order valence-corrected chi connectivity index (χ0v) is 13.1. The molecule has 1 unspecified atom stereocenters. The predicted molar refractivity (Wildman–Crippen MR) is 89.8 cm³/mol. The normalized spacial score (nSPS) is 12.4. The van der Waals surface area contributed by atoms with Gasteiger partial charge in [-0.05, 0) is 23.3 Å². The molecule has 0 aliphatic carbocycles. The van der Waals surface area contributed by atoms with Gasteiger partial charge in [-0.25, -0.2) is 9.67 Å². The molecule has 0 aliphatic heterocycles. The van der Waals surface area contributed by atoms with Gasteiger partial charge in [0.15, 0.2) is 0 Å². The quantitative estimate of drug-likeness (QED) is 0.543. The van der Waals surface area contributed by atoms with Crippen molar-refractivity contribution < 1.29 is 4.79 Å². The van der Waals surface area contributed by atoms with Crippen molar-refractivity contribution in [2.45, 2.75) is 6.04 Å². The topological polar surface area (TPSA) is 65.6 Å². The third-order valence-electron chi connectivity index (χ3n) is 4.16. The highest BCUT2D eigenvalue weighted by molar-refractivity contribution is 5.76. The number of benzene rings is 2. The van der Waals surface area contributed by atoms with Crippen LogP contribution in [-0.4, -0.2) is 30.8 Å². The molecule has 6 heteroatoms. The second kappa shape index (κ2) is 5.73. The van der Waals surface area contributed by atoms with Gasteiger partial charge in [0.05, 0.1) is 17.9 Å². The van der Waals surface area contributed by atoms with E-state index in [-0.39, 0.29) is 6.04 Å². The smallest absolute Gasteiger partial charge is 0.150 e. The third-order valence-corrected chi connectivity index (χ3v) is 4.16. The summed E-state index contributed by atoms with van der Waals surface area (Å²) in [5.41, 5.74) is 4.65. The van der Waals surface area contributed by atoms with E-state index in [4.69, 9.17) is 0 Å². The van der Waals surface area contributed by atoms with E-state index in [0.29, 0.717) is 5.56 Å². The molecule has 0 radical (unpaired) electrons. The molecule has 2 aromatic heterocycles.